The van der Waals surface area contributed by atoms with Crippen molar-refractivity contribution in [3.8, 4) is 5.75 Å². The van der Waals surface area contributed by atoms with E-state index in [4.69, 9.17) is 11.7 Å². The van der Waals surface area contributed by atoms with E-state index in [9.17, 15) is 9.90 Å². The molecule has 0 heterocycles. The quantitative estimate of drug-likeness (QED) is 0.644. The van der Waals surface area contributed by atoms with Gasteiger partial charge in [-0.2, -0.15) is 0 Å². The van der Waals surface area contributed by atoms with Crippen LogP contribution in [-0.4, -0.2) is 11.1 Å². The first-order valence-corrected chi connectivity index (χ1v) is 5.13. The van der Waals surface area contributed by atoms with Gasteiger partial charge in [-0.3, -0.25) is 4.79 Å². The van der Waals surface area contributed by atoms with Crippen molar-refractivity contribution in [2.75, 3.05) is 0 Å². The molecule has 0 fully saturated rings. The summed E-state index contributed by atoms with van der Waals surface area (Å²) >= 11 is 0. The third kappa shape index (κ3) is 2.30. The third-order valence-corrected chi connectivity index (χ3v) is 2.48. The Balaban J connectivity index is 2.52. The standard InChI is InChI=1S/C14H9NO3/c1-15-13(14(17)18)7-9-2-3-11-8-12(16)5-4-10(11)6-9/h2-8,16H,(H,17,18)/p-1/b13-7-. The molecule has 2 aromatic rings. The van der Waals surface area contributed by atoms with Crippen LogP contribution >= 0.6 is 0 Å². The van der Waals surface area contributed by atoms with E-state index in [0.29, 0.717) is 5.56 Å². The van der Waals surface area contributed by atoms with Gasteiger partial charge in [0.25, 0.3) is 5.70 Å². The summed E-state index contributed by atoms with van der Waals surface area (Å²) in [5, 5.41) is 21.5. The lowest BCUT2D eigenvalue weighted by atomic mass is 10.1. The fourth-order valence-corrected chi connectivity index (χ4v) is 1.63. The fraction of sp³-hybridized carbons (Fsp3) is 0. The van der Waals surface area contributed by atoms with E-state index in [-0.39, 0.29) is 11.4 Å². The lowest BCUT2D eigenvalue weighted by molar-refractivity contribution is -0.268. The second kappa shape index (κ2) is 4.60. The maximum atomic E-state index is 11.2. The van der Waals surface area contributed by atoms with E-state index in [0.717, 1.165) is 10.8 Å². The van der Waals surface area contributed by atoms with Gasteiger partial charge in [-0.15, -0.1) is 5.75 Å². The highest BCUT2D eigenvalue weighted by atomic mass is 16.4. The third-order valence-electron chi connectivity index (χ3n) is 2.48. The molecule has 0 spiro atoms. The number of benzene rings is 2. The molecule has 0 atom stereocenters. The van der Waals surface area contributed by atoms with E-state index < -0.39 is 5.97 Å². The highest BCUT2D eigenvalue weighted by Crippen LogP contribution is 2.21. The molecule has 0 aliphatic rings. The lowest BCUT2D eigenvalue weighted by Gasteiger charge is -2.06. The van der Waals surface area contributed by atoms with Crippen LogP contribution in [0.3, 0.4) is 0 Å². The molecule has 0 saturated carbocycles. The summed E-state index contributed by atoms with van der Waals surface area (Å²) in [7, 11) is 0. The zero-order valence-electron chi connectivity index (χ0n) is 9.25. The number of fused-ring (bicyclic) bond motifs is 1. The first-order valence-electron chi connectivity index (χ1n) is 5.13. The number of hydrogen-bond donors (Lipinski definition) is 1. The smallest absolute Gasteiger partial charge is 0.333 e. The van der Waals surface area contributed by atoms with Crippen LogP contribution in [0.2, 0.25) is 0 Å². The van der Waals surface area contributed by atoms with Crippen molar-refractivity contribution in [2.24, 2.45) is 0 Å². The minimum atomic E-state index is -1.25. The summed E-state index contributed by atoms with van der Waals surface area (Å²) in [4.78, 5) is 13.7. The molecule has 0 unspecified atom stereocenters. The van der Waals surface area contributed by atoms with Gasteiger partial charge < -0.3 is 10.2 Å². The normalized spacial score (nSPS) is 11.2. The molecule has 0 aromatic heterocycles. The molecule has 0 radical (unpaired) electrons. The molecule has 1 N–H and O–H groups in total. The maximum Gasteiger partial charge on any atom is 0.333 e. The van der Waals surface area contributed by atoms with Gasteiger partial charge in [-0.05, 0) is 28.5 Å². The minimum Gasteiger partial charge on any atom is -0.872 e. The van der Waals surface area contributed by atoms with Gasteiger partial charge in [-0.25, -0.2) is 4.85 Å². The molecular weight excluding hydrogens is 230 g/mol. The molecule has 18 heavy (non-hydrogen) atoms. The highest BCUT2D eigenvalue weighted by Gasteiger charge is 2.06. The maximum absolute atomic E-state index is 11.2. The van der Waals surface area contributed by atoms with Crippen LogP contribution in [-0.2, 0) is 4.79 Å². The first kappa shape index (κ1) is 11.7. The average molecular weight is 238 g/mol. The molecule has 4 nitrogen and oxygen atoms in total. The first-order chi connectivity index (χ1) is 8.60. The zero-order chi connectivity index (χ0) is 13.1. The van der Waals surface area contributed by atoms with Crippen LogP contribution in [0.15, 0.2) is 42.1 Å². The van der Waals surface area contributed by atoms with Crippen LogP contribution in [0.1, 0.15) is 5.56 Å². The number of carboxylic acid groups (broad SMARTS) is 1. The number of hydrogen-bond acceptors (Lipinski definition) is 2. The molecule has 88 valence electrons. The van der Waals surface area contributed by atoms with Gasteiger partial charge in [-0.1, -0.05) is 30.3 Å². The summed E-state index contributed by atoms with van der Waals surface area (Å²) in [6.07, 6.45) is 1.31. The lowest BCUT2D eigenvalue weighted by Crippen LogP contribution is -1.95. The summed E-state index contributed by atoms with van der Waals surface area (Å²) in [5.74, 6) is -1.32. The van der Waals surface area contributed by atoms with Crippen LogP contribution < -0.4 is 5.11 Å². The summed E-state index contributed by atoms with van der Waals surface area (Å²) in [6.45, 7) is 6.77. The van der Waals surface area contributed by atoms with Crippen molar-refractivity contribution in [2.45, 2.75) is 0 Å². The number of carboxylic acids is 1. The van der Waals surface area contributed by atoms with Crippen LogP contribution in [0.25, 0.3) is 21.7 Å². The molecule has 2 aromatic carbocycles. The molecule has 0 amide bonds. The van der Waals surface area contributed by atoms with Crippen molar-refractivity contribution in [1.82, 2.24) is 0 Å². The van der Waals surface area contributed by atoms with Gasteiger partial charge in [0.05, 0.1) is 6.57 Å². The SMILES string of the molecule is [C-]#[N+]/C(=C\c1ccc2cc([O-])ccc2c1)C(=O)O. The minimum absolute atomic E-state index is 0.0711. The van der Waals surface area contributed by atoms with Crippen LogP contribution in [0.5, 0.6) is 5.75 Å². The molecule has 2 rings (SSSR count). The van der Waals surface area contributed by atoms with Gasteiger partial charge in [0, 0.05) is 0 Å². The van der Waals surface area contributed by atoms with Crippen molar-refractivity contribution in [1.29, 1.82) is 0 Å². The van der Waals surface area contributed by atoms with E-state index >= 15 is 0 Å². The second-order valence-corrected chi connectivity index (χ2v) is 3.71. The van der Waals surface area contributed by atoms with Crippen molar-refractivity contribution in [3.63, 3.8) is 0 Å². The predicted octanol–water partition coefficient (Wildman–Crippen LogP) is 2.26. The van der Waals surface area contributed by atoms with E-state index in [2.05, 4.69) is 4.85 Å². The van der Waals surface area contributed by atoms with E-state index in [1.807, 2.05) is 0 Å². The van der Waals surface area contributed by atoms with Crippen molar-refractivity contribution in [3.05, 3.63) is 59.1 Å². The van der Waals surface area contributed by atoms with Crippen molar-refractivity contribution >= 4 is 22.8 Å². The number of carbonyl (C=O) groups is 1. The molecule has 4 heteroatoms. The van der Waals surface area contributed by atoms with Crippen LogP contribution in [0, 0.1) is 6.57 Å². The molecular formula is C14H8NO3-. The molecule has 0 bridgehead atoms. The Morgan fingerprint density at radius 2 is 1.89 bits per heavy atom. The topological polar surface area (TPSA) is 64.7 Å². The van der Waals surface area contributed by atoms with Gasteiger partial charge in [0.15, 0.2) is 0 Å². The summed E-state index contributed by atoms with van der Waals surface area (Å²) in [5.41, 5.74) is 0.282. The number of aliphatic carboxylic acids is 1. The average Bonchev–Trinajstić information content (AvgIpc) is 2.35. The Kier molecular flexibility index (Phi) is 2.98. The fourth-order valence-electron chi connectivity index (χ4n) is 1.63. The summed E-state index contributed by atoms with van der Waals surface area (Å²) in [6, 6.07) is 9.77. The zero-order valence-corrected chi connectivity index (χ0v) is 9.25. The Hall–Kier alpha value is -2.80. The largest absolute Gasteiger partial charge is 0.872 e. The van der Waals surface area contributed by atoms with E-state index in [1.54, 1.807) is 24.3 Å². The predicted molar refractivity (Wildman–Crippen MR) is 65.6 cm³/mol. The Labute approximate surface area is 103 Å². The van der Waals surface area contributed by atoms with Crippen molar-refractivity contribution < 1.29 is 15.0 Å². The molecule has 0 aliphatic heterocycles. The Morgan fingerprint density at radius 3 is 2.56 bits per heavy atom. The monoisotopic (exact) mass is 238 g/mol. The van der Waals surface area contributed by atoms with Gasteiger partial charge >= 0.3 is 5.97 Å². The summed E-state index contributed by atoms with van der Waals surface area (Å²) < 4.78 is 0. The number of rotatable bonds is 2. The van der Waals surface area contributed by atoms with Crippen LogP contribution in [0.4, 0.5) is 0 Å². The Bertz CT molecular complexity index is 696. The second-order valence-electron chi connectivity index (χ2n) is 3.71. The molecule has 0 aliphatic carbocycles. The van der Waals surface area contributed by atoms with Gasteiger partial charge in [0.1, 0.15) is 0 Å². The van der Waals surface area contributed by atoms with E-state index in [1.165, 1.54) is 18.2 Å². The highest BCUT2D eigenvalue weighted by molar-refractivity contribution is 5.95. The molecule has 0 saturated heterocycles. The van der Waals surface area contributed by atoms with Gasteiger partial charge in [0.2, 0.25) is 0 Å². The Morgan fingerprint density at radius 1 is 1.22 bits per heavy atom. The number of nitrogens with zero attached hydrogens (tertiary/aromatic N) is 1.